The summed E-state index contributed by atoms with van der Waals surface area (Å²) in [6.07, 6.45) is 10.5. The Morgan fingerprint density at radius 3 is 2.64 bits per heavy atom. The fraction of sp³-hybridized carbons (Fsp3) is 0.900. The molecule has 0 heterocycles. The number of aliphatic hydroxyl groups excluding tert-OH is 2. The van der Waals surface area contributed by atoms with Crippen LogP contribution in [-0.2, 0) is 0 Å². The van der Waals surface area contributed by atoms with Crippen LogP contribution in [0.2, 0.25) is 0 Å². The molecule has 1 saturated carbocycles. The van der Waals surface area contributed by atoms with Crippen LogP contribution in [0.3, 0.4) is 0 Å². The van der Waals surface area contributed by atoms with Crippen molar-refractivity contribution in [3.8, 4) is 0 Å². The Balaban J connectivity index is 2.00. The Morgan fingerprint density at radius 1 is 1.27 bits per heavy atom. The van der Waals surface area contributed by atoms with Crippen LogP contribution in [0, 0.1) is 29.1 Å². The van der Waals surface area contributed by atoms with Gasteiger partial charge in [-0.2, -0.15) is 0 Å². The summed E-state index contributed by atoms with van der Waals surface area (Å²) in [4.78, 5) is 0. The van der Waals surface area contributed by atoms with E-state index < -0.39 is 0 Å². The molecular formula is C20H36O2. The molecule has 0 aromatic carbocycles. The van der Waals surface area contributed by atoms with E-state index in [0.29, 0.717) is 17.9 Å². The minimum atomic E-state index is -0.224. The molecule has 1 spiro atoms. The van der Waals surface area contributed by atoms with E-state index in [1.54, 1.807) is 0 Å². The lowest BCUT2D eigenvalue weighted by Gasteiger charge is -2.45. The van der Waals surface area contributed by atoms with Crippen molar-refractivity contribution >= 4 is 0 Å². The van der Waals surface area contributed by atoms with Gasteiger partial charge in [-0.3, -0.25) is 0 Å². The van der Waals surface area contributed by atoms with Crippen molar-refractivity contribution in [2.24, 2.45) is 29.1 Å². The predicted molar refractivity (Wildman–Crippen MR) is 92.6 cm³/mol. The average molecular weight is 309 g/mol. The first kappa shape index (κ1) is 18.0. The van der Waals surface area contributed by atoms with Gasteiger partial charge in [-0.05, 0) is 73.7 Å². The van der Waals surface area contributed by atoms with Crippen LogP contribution < -0.4 is 0 Å². The molecule has 22 heavy (non-hydrogen) atoms. The lowest BCUT2D eigenvalue weighted by atomic mass is 9.60. The summed E-state index contributed by atoms with van der Waals surface area (Å²) >= 11 is 0. The Bertz CT molecular complexity index is 389. The van der Waals surface area contributed by atoms with E-state index in [1.807, 2.05) is 0 Å². The lowest BCUT2D eigenvalue weighted by Crippen LogP contribution is -2.40. The zero-order valence-corrected chi connectivity index (χ0v) is 15.0. The molecule has 0 bridgehead atoms. The van der Waals surface area contributed by atoms with Gasteiger partial charge in [0.1, 0.15) is 0 Å². The Labute approximate surface area is 137 Å². The van der Waals surface area contributed by atoms with Crippen LogP contribution in [0.25, 0.3) is 0 Å². The Hall–Kier alpha value is -0.340. The Morgan fingerprint density at radius 2 is 2.00 bits per heavy atom. The number of hydrogen-bond donors (Lipinski definition) is 2. The molecule has 6 atom stereocenters. The highest BCUT2D eigenvalue weighted by Crippen LogP contribution is 2.58. The molecule has 0 aromatic heterocycles. The van der Waals surface area contributed by atoms with Crippen molar-refractivity contribution in [1.82, 2.24) is 0 Å². The Kier molecular flexibility index (Phi) is 6.13. The summed E-state index contributed by atoms with van der Waals surface area (Å²) in [5, 5.41) is 19.6. The molecule has 0 amide bonds. The summed E-state index contributed by atoms with van der Waals surface area (Å²) in [5.74, 6) is 2.65. The number of hydrogen-bond acceptors (Lipinski definition) is 2. The monoisotopic (exact) mass is 308 g/mol. The van der Waals surface area contributed by atoms with Gasteiger partial charge in [0.25, 0.3) is 0 Å². The molecule has 0 saturated heterocycles. The second kappa shape index (κ2) is 7.49. The smallest absolute Gasteiger partial charge is 0.0753 e. The van der Waals surface area contributed by atoms with Gasteiger partial charge in [-0.15, -0.1) is 0 Å². The standard InChI is InChI=1S/C20H36O2/c1-14(13-21)6-5-7-15(2)18-9-8-17(4)20(18)11-10-16(3)19(22)12-20/h10,14-15,17-19,21-22H,5-9,11-13H2,1-4H3/t14-,15+,17-,18+,19-,20-/m0/s1. The first-order chi connectivity index (χ1) is 10.4. The third-order valence-corrected chi connectivity index (χ3v) is 6.89. The van der Waals surface area contributed by atoms with Gasteiger partial charge in [0, 0.05) is 6.61 Å². The maximum Gasteiger partial charge on any atom is 0.0753 e. The molecule has 0 aliphatic heterocycles. The summed E-state index contributed by atoms with van der Waals surface area (Å²) < 4.78 is 0. The zero-order chi connectivity index (χ0) is 16.3. The molecule has 2 heteroatoms. The highest BCUT2D eigenvalue weighted by molar-refractivity contribution is 5.16. The molecular weight excluding hydrogens is 272 g/mol. The minimum absolute atomic E-state index is 0.224. The van der Waals surface area contributed by atoms with Crippen molar-refractivity contribution in [3.63, 3.8) is 0 Å². The van der Waals surface area contributed by atoms with E-state index in [1.165, 1.54) is 37.7 Å². The van der Waals surface area contributed by atoms with Crippen molar-refractivity contribution in [2.75, 3.05) is 6.61 Å². The van der Waals surface area contributed by atoms with Crippen LogP contribution in [-0.4, -0.2) is 22.9 Å². The van der Waals surface area contributed by atoms with Gasteiger partial charge in [0.15, 0.2) is 0 Å². The molecule has 2 aliphatic rings. The van der Waals surface area contributed by atoms with Gasteiger partial charge in [0.05, 0.1) is 6.10 Å². The van der Waals surface area contributed by atoms with Crippen molar-refractivity contribution in [3.05, 3.63) is 11.6 Å². The van der Waals surface area contributed by atoms with Gasteiger partial charge < -0.3 is 10.2 Å². The zero-order valence-electron chi connectivity index (χ0n) is 15.0. The molecule has 2 aliphatic carbocycles. The van der Waals surface area contributed by atoms with Crippen LogP contribution in [0.1, 0.15) is 72.6 Å². The van der Waals surface area contributed by atoms with Crippen LogP contribution in [0.4, 0.5) is 0 Å². The SMILES string of the molecule is CC1=CC[C@@]2(C[C@@H]1O)[C@@H]([C@H](C)CCC[C@H](C)CO)CC[C@@H]2C. The summed E-state index contributed by atoms with van der Waals surface area (Å²) in [5.41, 5.74) is 1.51. The van der Waals surface area contributed by atoms with Crippen molar-refractivity contribution < 1.29 is 10.2 Å². The van der Waals surface area contributed by atoms with Gasteiger partial charge >= 0.3 is 0 Å². The molecule has 2 N–H and O–H groups in total. The van der Waals surface area contributed by atoms with Gasteiger partial charge in [-0.1, -0.05) is 39.7 Å². The normalized spacial score (nSPS) is 38.1. The largest absolute Gasteiger partial charge is 0.396 e. The van der Waals surface area contributed by atoms with Crippen LogP contribution >= 0.6 is 0 Å². The fourth-order valence-electron chi connectivity index (χ4n) is 5.10. The summed E-state index contributed by atoms with van der Waals surface area (Å²) in [6.45, 7) is 9.35. The van der Waals surface area contributed by atoms with E-state index in [0.717, 1.165) is 30.6 Å². The maximum absolute atomic E-state index is 10.4. The fourth-order valence-corrected chi connectivity index (χ4v) is 5.10. The van der Waals surface area contributed by atoms with Crippen molar-refractivity contribution in [2.45, 2.75) is 78.7 Å². The predicted octanol–water partition coefficient (Wildman–Crippen LogP) is 4.55. The van der Waals surface area contributed by atoms with E-state index in [-0.39, 0.29) is 6.10 Å². The second-order valence-corrected chi connectivity index (χ2v) is 8.39. The molecule has 1 fully saturated rings. The maximum atomic E-state index is 10.4. The minimum Gasteiger partial charge on any atom is -0.396 e. The molecule has 0 aromatic rings. The summed E-state index contributed by atoms with van der Waals surface area (Å²) in [6, 6.07) is 0. The average Bonchev–Trinajstić information content (AvgIpc) is 2.80. The van der Waals surface area contributed by atoms with E-state index in [4.69, 9.17) is 5.11 Å². The first-order valence-electron chi connectivity index (χ1n) is 9.36. The first-order valence-corrected chi connectivity index (χ1v) is 9.36. The lowest BCUT2D eigenvalue weighted by molar-refractivity contribution is 0.0271. The van der Waals surface area contributed by atoms with Crippen LogP contribution in [0.15, 0.2) is 11.6 Å². The number of rotatable bonds is 6. The van der Waals surface area contributed by atoms with Crippen molar-refractivity contribution in [1.29, 1.82) is 0 Å². The molecule has 0 unspecified atom stereocenters. The molecule has 2 rings (SSSR count). The highest BCUT2D eigenvalue weighted by Gasteiger charge is 2.50. The van der Waals surface area contributed by atoms with Gasteiger partial charge in [-0.25, -0.2) is 0 Å². The quantitative estimate of drug-likeness (QED) is 0.706. The number of allylic oxidation sites excluding steroid dienone is 1. The highest BCUT2D eigenvalue weighted by atomic mass is 16.3. The number of aliphatic hydroxyl groups is 2. The van der Waals surface area contributed by atoms with E-state index in [2.05, 4.69) is 33.8 Å². The van der Waals surface area contributed by atoms with Crippen LogP contribution in [0.5, 0.6) is 0 Å². The third kappa shape index (κ3) is 3.59. The topological polar surface area (TPSA) is 40.5 Å². The van der Waals surface area contributed by atoms with Gasteiger partial charge in [0.2, 0.25) is 0 Å². The van der Waals surface area contributed by atoms with E-state index >= 15 is 0 Å². The summed E-state index contributed by atoms with van der Waals surface area (Å²) in [7, 11) is 0. The molecule has 0 radical (unpaired) electrons. The third-order valence-electron chi connectivity index (χ3n) is 6.89. The molecule has 128 valence electrons. The van der Waals surface area contributed by atoms with E-state index in [9.17, 15) is 5.11 Å². The molecule has 2 nitrogen and oxygen atoms in total. The second-order valence-electron chi connectivity index (χ2n) is 8.39.